The Morgan fingerprint density at radius 1 is 0.723 bits per heavy atom. The summed E-state index contributed by atoms with van der Waals surface area (Å²) in [5.41, 5.74) is 8.30. The molecular weight excluding hydrogens is 804 g/mol. The number of nitrogens with zero attached hydrogens (tertiary/aromatic N) is 2. The Hall–Kier alpha value is -3.48. The van der Waals surface area contributed by atoms with Crippen LogP contribution in [0.2, 0.25) is 0 Å². The molecule has 6 rings (SSSR count). The lowest BCUT2D eigenvalue weighted by molar-refractivity contribution is -0.120. The minimum atomic E-state index is -0.428. The molecule has 4 aromatic carbocycles. The molecule has 2 fully saturated rings. The fraction of sp³-hybridized carbons (Fsp3) is 0.257. The van der Waals surface area contributed by atoms with Crippen molar-refractivity contribution in [3.05, 3.63) is 111 Å². The van der Waals surface area contributed by atoms with Crippen LogP contribution >= 0.6 is 47.8 Å². The molecule has 0 spiro atoms. The van der Waals surface area contributed by atoms with E-state index in [2.05, 4.69) is 52.5 Å². The van der Waals surface area contributed by atoms with Crippen molar-refractivity contribution in [1.82, 2.24) is 0 Å². The van der Waals surface area contributed by atoms with Crippen LogP contribution in [0.15, 0.2) is 93.9 Å². The SMILES string of the molecule is COc1c(F)cccc1CC1CCN(c2ccc(Br)cc2)C1=O.COc1c(N)cccc1F.O=C1C(Br)CCN1c1ccc(Br)cc1. The Morgan fingerprint density at radius 2 is 1.21 bits per heavy atom. The predicted molar refractivity (Wildman–Crippen MR) is 192 cm³/mol. The number of nitrogen functional groups attached to an aromatic ring is 1. The molecule has 2 N–H and O–H groups in total. The zero-order valence-electron chi connectivity index (χ0n) is 25.8. The number of anilines is 3. The molecule has 2 unspecified atom stereocenters. The average Bonchev–Trinajstić information content (AvgIpc) is 3.59. The lowest BCUT2D eigenvalue weighted by atomic mass is 9.97. The first-order valence-corrected chi connectivity index (χ1v) is 17.2. The second kappa shape index (κ2) is 17.1. The van der Waals surface area contributed by atoms with E-state index in [0.717, 1.165) is 45.3 Å². The Bertz CT molecular complexity index is 1660. The highest BCUT2D eigenvalue weighted by Gasteiger charge is 2.33. The van der Waals surface area contributed by atoms with Crippen LogP contribution in [0.25, 0.3) is 0 Å². The van der Waals surface area contributed by atoms with E-state index >= 15 is 0 Å². The first-order chi connectivity index (χ1) is 22.5. The zero-order chi connectivity index (χ0) is 34.1. The van der Waals surface area contributed by atoms with Crippen molar-refractivity contribution >= 4 is 76.7 Å². The van der Waals surface area contributed by atoms with Gasteiger partial charge in [-0.3, -0.25) is 9.59 Å². The van der Waals surface area contributed by atoms with Crippen LogP contribution in [0, 0.1) is 17.6 Å². The number of hydrogen-bond donors (Lipinski definition) is 1. The van der Waals surface area contributed by atoms with Gasteiger partial charge in [0.1, 0.15) is 0 Å². The van der Waals surface area contributed by atoms with Gasteiger partial charge in [0, 0.05) is 39.3 Å². The first-order valence-electron chi connectivity index (χ1n) is 14.7. The molecule has 2 atom stereocenters. The maximum absolute atomic E-state index is 13.8. The van der Waals surface area contributed by atoms with Gasteiger partial charge < -0.3 is 25.0 Å². The van der Waals surface area contributed by atoms with Crippen LogP contribution in [0.3, 0.4) is 0 Å². The molecule has 0 aromatic heterocycles. The smallest absolute Gasteiger partial charge is 0.240 e. The monoisotopic (exact) mass is 835 g/mol. The van der Waals surface area contributed by atoms with Gasteiger partial charge in [-0.2, -0.15) is 0 Å². The molecule has 0 aliphatic carbocycles. The number of halogens is 5. The first kappa shape index (κ1) is 36.4. The van der Waals surface area contributed by atoms with E-state index in [9.17, 15) is 18.4 Å². The Labute approximate surface area is 298 Å². The second-order valence-corrected chi connectivity index (χ2v) is 13.6. The van der Waals surface area contributed by atoms with Crippen LogP contribution in [-0.4, -0.2) is 44.0 Å². The number of nitrogens with two attached hydrogens (primary N) is 1. The van der Waals surface area contributed by atoms with E-state index in [1.807, 2.05) is 59.5 Å². The van der Waals surface area contributed by atoms with E-state index < -0.39 is 5.82 Å². The number of carbonyl (C=O) groups excluding carboxylic acids is 2. The summed E-state index contributed by atoms with van der Waals surface area (Å²) in [7, 11) is 2.83. The summed E-state index contributed by atoms with van der Waals surface area (Å²) in [5, 5.41) is 0. The van der Waals surface area contributed by atoms with Crippen LogP contribution in [0.1, 0.15) is 18.4 Å². The van der Waals surface area contributed by atoms with E-state index in [-0.39, 0.29) is 39.9 Å². The Morgan fingerprint density at radius 3 is 1.68 bits per heavy atom. The molecule has 0 saturated carbocycles. The van der Waals surface area contributed by atoms with Gasteiger partial charge in [-0.05, 0) is 91.6 Å². The van der Waals surface area contributed by atoms with Gasteiger partial charge in [0.2, 0.25) is 11.8 Å². The molecule has 12 heteroatoms. The van der Waals surface area contributed by atoms with Crippen molar-refractivity contribution in [2.75, 3.05) is 42.8 Å². The van der Waals surface area contributed by atoms with E-state index in [0.29, 0.717) is 18.7 Å². The van der Waals surface area contributed by atoms with Crippen molar-refractivity contribution in [1.29, 1.82) is 0 Å². The van der Waals surface area contributed by atoms with Gasteiger partial charge >= 0.3 is 0 Å². The molecule has 7 nitrogen and oxygen atoms in total. The molecule has 2 aliphatic heterocycles. The second-order valence-electron chi connectivity index (χ2n) is 10.7. The normalized spacial score (nSPS) is 17.1. The number of rotatable bonds is 6. The summed E-state index contributed by atoms with van der Waals surface area (Å²) in [4.78, 5) is 27.9. The zero-order valence-corrected chi connectivity index (χ0v) is 30.5. The topological polar surface area (TPSA) is 85.1 Å². The van der Waals surface area contributed by atoms with E-state index in [1.54, 1.807) is 17.0 Å². The third-order valence-corrected chi connectivity index (χ3v) is 9.56. The predicted octanol–water partition coefficient (Wildman–Crippen LogP) is 8.56. The molecule has 2 saturated heterocycles. The summed E-state index contributed by atoms with van der Waals surface area (Å²) >= 11 is 10.1. The molecule has 47 heavy (non-hydrogen) atoms. The van der Waals surface area contributed by atoms with Crippen LogP contribution in [-0.2, 0) is 16.0 Å². The number of methoxy groups -OCH3 is 2. The largest absolute Gasteiger partial charge is 0.493 e. The summed E-state index contributed by atoms with van der Waals surface area (Å²) < 4.78 is 38.3. The van der Waals surface area contributed by atoms with Crippen LogP contribution in [0.4, 0.5) is 25.8 Å². The molecule has 2 amide bonds. The summed E-state index contributed by atoms with van der Waals surface area (Å²) in [6.45, 7) is 1.49. The summed E-state index contributed by atoms with van der Waals surface area (Å²) in [6.07, 6.45) is 2.14. The minimum absolute atomic E-state index is 0.00820. The van der Waals surface area contributed by atoms with E-state index in [4.69, 9.17) is 10.5 Å². The number of alkyl halides is 1. The fourth-order valence-electron chi connectivity index (χ4n) is 5.28. The maximum atomic E-state index is 13.8. The van der Waals surface area contributed by atoms with Crippen LogP contribution < -0.4 is 25.0 Å². The highest BCUT2D eigenvalue weighted by atomic mass is 79.9. The van der Waals surface area contributed by atoms with Gasteiger partial charge in [-0.15, -0.1) is 0 Å². The van der Waals surface area contributed by atoms with Crippen LogP contribution in [0.5, 0.6) is 11.5 Å². The Balaban J connectivity index is 0.000000177. The summed E-state index contributed by atoms with van der Waals surface area (Å²) in [6, 6.07) is 24.7. The van der Waals surface area contributed by atoms with Crippen molar-refractivity contribution in [2.24, 2.45) is 5.92 Å². The summed E-state index contributed by atoms with van der Waals surface area (Å²) in [5.74, 6) is -0.368. The molecular formula is C35H34Br3F2N3O4. The molecule has 2 aliphatic rings. The molecule has 4 aromatic rings. The van der Waals surface area contributed by atoms with Gasteiger partial charge in [-0.1, -0.05) is 66.0 Å². The van der Waals surface area contributed by atoms with Gasteiger partial charge in [0.05, 0.1) is 24.7 Å². The molecule has 248 valence electrons. The third kappa shape index (κ3) is 9.33. The van der Waals surface area contributed by atoms with Crippen molar-refractivity contribution < 1.29 is 27.8 Å². The molecule has 2 heterocycles. The minimum Gasteiger partial charge on any atom is -0.493 e. The average molecular weight is 838 g/mol. The number of amides is 2. The Kier molecular flexibility index (Phi) is 13.2. The lowest BCUT2D eigenvalue weighted by Gasteiger charge is -2.17. The van der Waals surface area contributed by atoms with E-state index in [1.165, 1.54) is 32.4 Å². The maximum Gasteiger partial charge on any atom is 0.240 e. The van der Waals surface area contributed by atoms with Crippen molar-refractivity contribution in [3.63, 3.8) is 0 Å². The highest BCUT2D eigenvalue weighted by Crippen LogP contribution is 2.32. The number of hydrogen-bond acceptors (Lipinski definition) is 5. The van der Waals surface area contributed by atoms with Gasteiger partial charge in [0.15, 0.2) is 23.1 Å². The van der Waals surface area contributed by atoms with Crippen molar-refractivity contribution in [3.8, 4) is 11.5 Å². The quantitative estimate of drug-likeness (QED) is 0.156. The van der Waals surface area contributed by atoms with Gasteiger partial charge in [-0.25, -0.2) is 8.78 Å². The number of benzene rings is 4. The number of carbonyl (C=O) groups is 2. The number of ether oxygens (including phenoxy) is 2. The number of para-hydroxylation sites is 2. The highest BCUT2D eigenvalue weighted by molar-refractivity contribution is 9.10. The fourth-order valence-corrected chi connectivity index (χ4v) is 6.26. The van der Waals surface area contributed by atoms with Crippen molar-refractivity contribution in [2.45, 2.75) is 24.1 Å². The molecule has 0 bridgehead atoms. The van der Waals surface area contributed by atoms with Gasteiger partial charge in [0.25, 0.3) is 0 Å². The molecule has 0 radical (unpaired) electrons. The lowest BCUT2D eigenvalue weighted by Crippen LogP contribution is -2.27. The standard InChI is InChI=1S/C18H17BrFNO2.C10H9Br2NO.C7H8FNO/c1-23-17-12(3-2-4-16(17)20)11-13-9-10-21(18(13)22)15-7-5-14(19)6-8-15;11-7-1-3-8(4-2-7)13-6-5-9(12)10(13)14;1-10-7-5(8)3-2-4-6(7)9/h2-8,13H,9-11H2,1H3;1-4,9H,5-6H2;2-4H,9H2,1H3. The third-order valence-electron chi connectivity index (χ3n) is 7.65.